The number of nitrogens with one attached hydrogen (secondary N) is 1. The van der Waals surface area contributed by atoms with Crippen LogP contribution >= 0.6 is 0 Å². The maximum atomic E-state index is 11.1. The van der Waals surface area contributed by atoms with Crippen LogP contribution in [0.1, 0.15) is 18.4 Å². The fourth-order valence-electron chi connectivity index (χ4n) is 1.41. The van der Waals surface area contributed by atoms with E-state index < -0.39 is 0 Å². The fraction of sp³-hybridized carbons (Fsp3) is 0.462. The van der Waals surface area contributed by atoms with Gasteiger partial charge in [-0.25, -0.2) is 0 Å². The van der Waals surface area contributed by atoms with E-state index in [2.05, 4.69) is 5.32 Å². The van der Waals surface area contributed by atoms with Gasteiger partial charge in [0, 0.05) is 13.5 Å². The van der Waals surface area contributed by atoms with E-state index in [0.717, 1.165) is 24.2 Å². The number of aryl methyl sites for hydroxylation is 1. The lowest BCUT2D eigenvalue weighted by atomic mass is 10.1. The average molecular weight is 236 g/mol. The molecule has 0 aliphatic heterocycles. The molecule has 0 fully saturated rings. The van der Waals surface area contributed by atoms with Gasteiger partial charge in [-0.05, 0) is 37.1 Å². The summed E-state index contributed by atoms with van der Waals surface area (Å²) in [6.45, 7) is 1.29. The third-order valence-corrected chi connectivity index (χ3v) is 2.46. The Labute approximate surface area is 102 Å². The third-order valence-electron chi connectivity index (χ3n) is 2.46. The molecule has 4 nitrogen and oxygen atoms in total. The lowest BCUT2D eigenvalue weighted by Gasteiger charge is -2.06. The molecular formula is C13H20N2O2. The molecule has 0 radical (unpaired) electrons. The van der Waals surface area contributed by atoms with E-state index in [0.29, 0.717) is 19.6 Å². The molecule has 0 aliphatic carbocycles. The van der Waals surface area contributed by atoms with Crippen molar-refractivity contribution in [3.05, 3.63) is 29.8 Å². The van der Waals surface area contributed by atoms with Crippen LogP contribution in [0.15, 0.2) is 24.3 Å². The summed E-state index contributed by atoms with van der Waals surface area (Å²) in [6.07, 6.45) is 2.13. The second-order valence-corrected chi connectivity index (χ2v) is 3.81. The van der Waals surface area contributed by atoms with Crippen molar-refractivity contribution in [3.63, 3.8) is 0 Å². The quantitative estimate of drug-likeness (QED) is 0.697. The van der Waals surface area contributed by atoms with Crippen molar-refractivity contribution in [3.8, 4) is 5.75 Å². The van der Waals surface area contributed by atoms with Gasteiger partial charge in [-0.15, -0.1) is 0 Å². The van der Waals surface area contributed by atoms with Crippen LogP contribution in [0.25, 0.3) is 0 Å². The highest BCUT2D eigenvalue weighted by atomic mass is 16.5. The molecule has 0 bridgehead atoms. The summed E-state index contributed by atoms with van der Waals surface area (Å²) < 4.78 is 5.49. The molecule has 0 aromatic heterocycles. The lowest BCUT2D eigenvalue weighted by molar-refractivity contribution is -0.120. The van der Waals surface area contributed by atoms with E-state index >= 15 is 0 Å². The Balaban J connectivity index is 2.36. The predicted molar refractivity (Wildman–Crippen MR) is 68.0 cm³/mol. The second kappa shape index (κ2) is 7.68. The summed E-state index contributed by atoms with van der Waals surface area (Å²) in [6, 6.07) is 7.83. The maximum Gasteiger partial charge on any atom is 0.220 e. The van der Waals surface area contributed by atoms with E-state index in [1.807, 2.05) is 24.3 Å². The molecule has 0 unspecified atom stereocenters. The molecule has 3 N–H and O–H groups in total. The molecule has 0 heterocycles. The summed E-state index contributed by atoms with van der Waals surface area (Å²) in [4.78, 5) is 11.1. The minimum atomic E-state index is 0.0632. The average Bonchev–Trinajstić information content (AvgIpc) is 2.37. The number of amides is 1. The summed E-state index contributed by atoms with van der Waals surface area (Å²) in [7, 11) is 1.65. The van der Waals surface area contributed by atoms with Gasteiger partial charge < -0.3 is 15.8 Å². The Kier molecular flexibility index (Phi) is 6.10. The summed E-state index contributed by atoms with van der Waals surface area (Å²) in [5.41, 5.74) is 6.52. The SMILES string of the molecule is CNC(=O)CCc1ccc(OCCCN)cc1. The van der Waals surface area contributed by atoms with Crippen molar-refractivity contribution in [2.24, 2.45) is 5.73 Å². The van der Waals surface area contributed by atoms with Gasteiger partial charge in [-0.1, -0.05) is 12.1 Å². The van der Waals surface area contributed by atoms with Crippen molar-refractivity contribution in [2.45, 2.75) is 19.3 Å². The first kappa shape index (κ1) is 13.5. The zero-order valence-corrected chi connectivity index (χ0v) is 10.2. The topological polar surface area (TPSA) is 64.3 Å². The van der Waals surface area contributed by atoms with E-state index in [1.165, 1.54) is 0 Å². The largest absolute Gasteiger partial charge is 0.494 e. The molecule has 4 heteroatoms. The molecule has 0 saturated heterocycles. The number of ether oxygens (including phenoxy) is 1. The normalized spacial score (nSPS) is 10.0. The van der Waals surface area contributed by atoms with Crippen LogP contribution in [0, 0.1) is 0 Å². The lowest BCUT2D eigenvalue weighted by Crippen LogP contribution is -2.17. The highest BCUT2D eigenvalue weighted by Gasteiger charge is 2.00. The third kappa shape index (κ3) is 5.36. The summed E-state index contributed by atoms with van der Waals surface area (Å²) in [5.74, 6) is 0.912. The van der Waals surface area contributed by atoms with E-state index in [4.69, 9.17) is 10.5 Å². The highest BCUT2D eigenvalue weighted by Crippen LogP contribution is 2.13. The number of rotatable bonds is 7. The standard InChI is InChI=1S/C13H20N2O2/c1-15-13(16)8-5-11-3-6-12(7-4-11)17-10-2-9-14/h3-4,6-7H,2,5,8-10,14H2,1H3,(H,15,16). The van der Waals surface area contributed by atoms with Crippen molar-refractivity contribution >= 4 is 5.91 Å². The first-order chi connectivity index (χ1) is 8.26. The Hall–Kier alpha value is -1.55. The smallest absolute Gasteiger partial charge is 0.220 e. The minimum absolute atomic E-state index is 0.0632. The molecule has 1 amide bonds. The van der Waals surface area contributed by atoms with Crippen LogP contribution in [0.5, 0.6) is 5.75 Å². The van der Waals surface area contributed by atoms with E-state index in [-0.39, 0.29) is 5.91 Å². The number of hydrogen-bond acceptors (Lipinski definition) is 3. The molecule has 94 valence electrons. The molecule has 0 aliphatic rings. The van der Waals surface area contributed by atoms with Gasteiger partial charge in [0.15, 0.2) is 0 Å². The van der Waals surface area contributed by atoms with Crippen molar-refractivity contribution in [1.82, 2.24) is 5.32 Å². The minimum Gasteiger partial charge on any atom is -0.494 e. The van der Waals surface area contributed by atoms with E-state index in [9.17, 15) is 4.79 Å². The van der Waals surface area contributed by atoms with E-state index in [1.54, 1.807) is 7.05 Å². The van der Waals surface area contributed by atoms with Crippen molar-refractivity contribution < 1.29 is 9.53 Å². The number of hydrogen-bond donors (Lipinski definition) is 2. The molecular weight excluding hydrogens is 216 g/mol. The Morgan fingerprint density at radius 2 is 2.06 bits per heavy atom. The Morgan fingerprint density at radius 3 is 2.65 bits per heavy atom. The van der Waals surface area contributed by atoms with Crippen LogP contribution in [-0.2, 0) is 11.2 Å². The van der Waals surface area contributed by atoms with Gasteiger partial charge in [0.05, 0.1) is 6.61 Å². The molecule has 1 aromatic carbocycles. The monoisotopic (exact) mass is 236 g/mol. The Bertz CT molecular complexity index is 336. The molecule has 1 aromatic rings. The van der Waals surface area contributed by atoms with Gasteiger partial charge >= 0.3 is 0 Å². The molecule has 0 atom stereocenters. The maximum absolute atomic E-state index is 11.1. The number of carbonyl (C=O) groups excluding carboxylic acids is 1. The highest BCUT2D eigenvalue weighted by molar-refractivity contribution is 5.75. The molecule has 1 rings (SSSR count). The zero-order chi connectivity index (χ0) is 12.5. The zero-order valence-electron chi connectivity index (χ0n) is 10.2. The second-order valence-electron chi connectivity index (χ2n) is 3.81. The van der Waals surface area contributed by atoms with Crippen molar-refractivity contribution in [2.75, 3.05) is 20.2 Å². The van der Waals surface area contributed by atoms with Crippen LogP contribution in [0.3, 0.4) is 0 Å². The first-order valence-corrected chi connectivity index (χ1v) is 5.88. The fourth-order valence-corrected chi connectivity index (χ4v) is 1.41. The van der Waals surface area contributed by atoms with Gasteiger partial charge in [-0.2, -0.15) is 0 Å². The Morgan fingerprint density at radius 1 is 1.35 bits per heavy atom. The molecule has 0 spiro atoms. The number of nitrogens with two attached hydrogens (primary N) is 1. The molecule has 0 saturated carbocycles. The number of benzene rings is 1. The predicted octanol–water partition coefficient (Wildman–Crippen LogP) is 1.09. The van der Waals surface area contributed by atoms with Gasteiger partial charge in [0.1, 0.15) is 5.75 Å². The first-order valence-electron chi connectivity index (χ1n) is 5.88. The van der Waals surface area contributed by atoms with Gasteiger partial charge in [0.2, 0.25) is 5.91 Å². The van der Waals surface area contributed by atoms with Crippen LogP contribution in [0.4, 0.5) is 0 Å². The summed E-state index contributed by atoms with van der Waals surface area (Å²) >= 11 is 0. The van der Waals surface area contributed by atoms with Crippen molar-refractivity contribution in [1.29, 1.82) is 0 Å². The van der Waals surface area contributed by atoms with Gasteiger partial charge in [0.25, 0.3) is 0 Å². The number of carbonyl (C=O) groups is 1. The van der Waals surface area contributed by atoms with Crippen LogP contribution < -0.4 is 15.8 Å². The molecule has 17 heavy (non-hydrogen) atoms. The van der Waals surface area contributed by atoms with Crippen LogP contribution in [-0.4, -0.2) is 26.1 Å². The summed E-state index contributed by atoms with van der Waals surface area (Å²) in [5, 5.41) is 2.61. The van der Waals surface area contributed by atoms with Gasteiger partial charge in [-0.3, -0.25) is 4.79 Å². The van der Waals surface area contributed by atoms with Crippen LogP contribution in [0.2, 0.25) is 0 Å².